The minimum atomic E-state index is -0.538. The van der Waals surface area contributed by atoms with Gasteiger partial charge in [-0.2, -0.15) is 0 Å². The summed E-state index contributed by atoms with van der Waals surface area (Å²) in [5, 5.41) is 1.40. The van der Waals surface area contributed by atoms with Crippen LogP contribution >= 0.6 is 23.2 Å². The van der Waals surface area contributed by atoms with Crippen molar-refractivity contribution in [2.24, 2.45) is 5.41 Å². The molecular weight excluding hydrogens is 453 g/mol. The van der Waals surface area contributed by atoms with E-state index < -0.39 is 5.41 Å². The summed E-state index contributed by atoms with van der Waals surface area (Å²) in [6.45, 7) is 8.97. The van der Waals surface area contributed by atoms with E-state index in [1.54, 1.807) is 0 Å². The van der Waals surface area contributed by atoms with Crippen molar-refractivity contribution in [1.82, 2.24) is 4.90 Å². The van der Waals surface area contributed by atoms with Gasteiger partial charge in [0.05, 0.1) is 23.6 Å². The molecule has 2 aromatic rings. The second kappa shape index (κ2) is 10.2. The number of hydrogen-bond donors (Lipinski definition) is 0. The molecule has 176 valence electrons. The van der Waals surface area contributed by atoms with Crippen LogP contribution < -0.4 is 0 Å². The van der Waals surface area contributed by atoms with Crippen LogP contribution in [0.4, 0.5) is 0 Å². The number of ether oxygens (including phenoxy) is 1. The summed E-state index contributed by atoms with van der Waals surface area (Å²) >= 11 is 12.7. The van der Waals surface area contributed by atoms with E-state index in [2.05, 4.69) is 43.5 Å². The molecule has 0 aromatic heterocycles. The third-order valence-electron chi connectivity index (χ3n) is 7.35. The van der Waals surface area contributed by atoms with Crippen molar-refractivity contribution in [3.05, 3.63) is 82.4 Å². The fourth-order valence-electron chi connectivity index (χ4n) is 5.80. The summed E-state index contributed by atoms with van der Waals surface area (Å²) in [7, 11) is 0. The molecule has 3 nitrogen and oxygen atoms in total. The summed E-state index contributed by atoms with van der Waals surface area (Å²) < 4.78 is 6.14. The van der Waals surface area contributed by atoms with Gasteiger partial charge >= 0.3 is 0 Å². The van der Waals surface area contributed by atoms with Crippen molar-refractivity contribution < 1.29 is 9.53 Å². The van der Waals surface area contributed by atoms with E-state index in [9.17, 15) is 4.79 Å². The Morgan fingerprint density at radius 3 is 2.55 bits per heavy atom. The van der Waals surface area contributed by atoms with Crippen molar-refractivity contribution >= 4 is 29.1 Å². The molecule has 4 rings (SSSR count). The zero-order valence-electron chi connectivity index (χ0n) is 19.5. The third-order valence-corrected chi connectivity index (χ3v) is 7.84. The van der Waals surface area contributed by atoms with Crippen LogP contribution in [0.2, 0.25) is 10.0 Å². The first kappa shape index (κ1) is 24.3. The Hall–Kier alpha value is -1.81. The Morgan fingerprint density at radius 1 is 1.18 bits per heavy atom. The summed E-state index contributed by atoms with van der Waals surface area (Å²) in [6.07, 6.45) is 6.15. The lowest BCUT2D eigenvalue weighted by Gasteiger charge is -2.53. The van der Waals surface area contributed by atoms with E-state index in [0.717, 1.165) is 43.4 Å². The van der Waals surface area contributed by atoms with Crippen LogP contribution in [0.3, 0.4) is 0 Å². The second-order valence-corrected chi connectivity index (χ2v) is 10.5. The van der Waals surface area contributed by atoms with Crippen LogP contribution in [0.1, 0.15) is 69.0 Å². The van der Waals surface area contributed by atoms with Crippen molar-refractivity contribution in [3.63, 3.8) is 0 Å². The van der Waals surface area contributed by atoms with E-state index in [-0.39, 0.29) is 30.0 Å². The fraction of sp³-hybridized carbons (Fsp3) is 0.464. The number of hydrogen-bond acceptors (Lipinski definition) is 2. The van der Waals surface area contributed by atoms with Crippen molar-refractivity contribution in [2.45, 2.75) is 70.1 Å². The van der Waals surface area contributed by atoms with E-state index in [0.29, 0.717) is 16.5 Å². The normalized spacial score (nSPS) is 28.7. The van der Waals surface area contributed by atoms with Crippen molar-refractivity contribution in [2.75, 3.05) is 6.61 Å². The van der Waals surface area contributed by atoms with Gasteiger partial charge in [0.1, 0.15) is 0 Å². The lowest BCUT2D eigenvalue weighted by atomic mass is 9.66. The average Bonchev–Trinajstić information content (AvgIpc) is 3.33. The first-order chi connectivity index (χ1) is 15.9. The zero-order chi connectivity index (χ0) is 23.6. The highest BCUT2D eigenvalue weighted by atomic mass is 35.5. The van der Waals surface area contributed by atoms with E-state index >= 15 is 0 Å². The maximum absolute atomic E-state index is 14.3. The number of piperidine rings is 1. The molecule has 2 saturated heterocycles. The lowest BCUT2D eigenvalue weighted by molar-refractivity contribution is -0.158. The molecule has 2 aromatic carbocycles. The molecule has 2 aliphatic rings. The summed E-state index contributed by atoms with van der Waals surface area (Å²) in [4.78, 5) is 16.4. The predicted molar refractivity (Wildman–Crippen MR) is 136 cm³/mol. The molecule has 1 unspecified atom stereocenters. The highest BCUT2D eigenvalue weighted by Gasteiger charge is 2.52. The molecule has 0 N–H and O–H groups in total. The SMILES string of the molecule is C=CC[C@@]1(C)CC(c2cccc(Cl)c2)[C@@H](c2ccc(Cl)cc2)N([C@@H](CC)[C@H]2CCCO2)C1=O. The lowest BCUT2D eigenvalue weighted by Crippen LogP contribution is -2.58. The smallest absolute Gasteiger partial charge is 0.229 e. The Morgan fingerprint density at radius 2 is 1.94 bits per heavy atom. The van der Waals surface area contributed by atoms with Crippen LogP contribution in [0.25, 0.3) is 0 Å². The first-order valence-electron chi connectivity index (χ1n) is 11.9. The van der Waals surface area contributed by atoms with Crippen molar-refractivity contribution in [3.8, 4) is 0 Å². The number of halogens is 2. The molecule has 1 amide bonds. The Kier molecular flexibility index (Phi) is 7.53. The summed E-state index contributed by atoms with van der Waals surface area (Å²) in [5.41, 5.74) is 1.70. The molecule has 0 bridgehead atoms. The molecule has 5 heteroatoms. The molecule has 0 spiro atoms. The monoisotopic (exact) mass is 485 g/mol. The van der Waals surface area contributed by atoms with Gasteiger partial charge in [0.2, 0.25) is 5.91 Å². The Bertz CT molecular complexity index is 986. The number of benzene rings is 2. The molecule has 5 atom stereocenters. The third kappa shape index (κ3) is 4.87. The maximum Gasteiger partial charge on any atom is 0.229 e. The Balaban J connectivity index is 1.89. The number of amides is 1. The standard InChI is InChI=1S/C28H33Cl2NO2/c1-4-15-28(3)18-23(20-8-6-9-22(30)17-20)26(19-11-13-21(29)14-12-19)31(27(28)32)24(5-2)25-10-7-16-33-25/h4,6,8-9,11-14,17,23-26H,1,5,7,10,15-16,18H2,2-3H3/t23?,24-,25+,26+,28-/m0/s1. The summed E-state index contributed by atoms with van der Waals surface area (Å²) in [6, 6.07) is 15.9. The van der Waals surface area contributed by atoms with Gasteiger partial charge in [-0.1, -0.05) is 67.4 Å². The number of likely N-dealkylation sites (tertiary alicyclic amines) is 1. The Labute approximate surface area is 207 Å². The number of carbonyl (C=O) groups is 1. The average molecular weight is 486 g/mol. The molecule has 0 saturated carbocycles. The summed E-state index contributed by atoms with van der Waals surface area (Å²) in [5.74, 6) is 0.269. The number of allylic oxidation sites excluding steroid dienone is 1. The minimum Gasteiger partial charge on any atom is -0.376 e. The zero-order valence-corrected chi connectivity index (χ0v) is 21.0. The minimum absolute atomic E-state index is 0.00630. The van der Waals surface area contributed by atoms with Gasteiger partial charge < -0.3 is 9.64 Å². The van der Waals surface area contributed by atoms with E-state index in [1.165, 1.54) is 0 Å². The fourth-order valence-corrected chi connectivity index (χ4v) is 6.12. The van der Waals surface area contributed by atoms with Crippen LogP contribution in [0.15, 0.2) is 61.2 Å². The molecule has 2 aliphatic heterocycles. The first-order valence-corrected chi connectivity index (χ1v) is 12.7. The van der Waals surface area contributed by atoms with Crippen molar-refractivity contribution in [1.29, 1.82) is 0 Å². The molecule has 2 fully saturated rings. The van der Waals surface area contributed by atoms with Gasteiger partial charge in [-0.05, 0) is 67.5 Å². The highest BCUT2D eigenvalue weighted by Crippen LogP contribution is 2.52. The number of carbonyl (C=O) groups excluding carboxylic acids is 1. The highest BCUT2D eigenvalue weighted by molar-refractivity contribution is 6.30. The molecular formula is C28H33Cl2NO2. The van der Waals surface area contributed by atoms with E-state index in [1.807, 2.05) is 36.4 Å². The second-order valence-electron chi connectivity index (χ2n) is 9.65. The maximum atomic E-state index is 14.3. The van der Waals surface area contributed by atoms with Crippen LogP contribution in [-0.4, -0.2) is 29.6 Å². The van der Waals surface area contributed by atoms with Gasteiger partial charge in [-0.15, -0.1) is 6.58 Å². The van der Waals surface area contributed by atoms with E-state index in [4.69, 9.17) is 27.9 Å². The van der Waals surface area contributed by atoms with Gasteiger partial charge in [-0.3, -0.25) is 4.79 Å². The van der Waals surface area contributed by atoms with Gasteiger partial charge in [0.25, 0.3) is 0 Å². The molecule has 0 radical (unpaired) electrons. The van der Waals surface area contributed by atoms with Crippen LogP contribution in [0, 0.1) is 5.41 Å². The molecule has 2 heterocycles. The van der Waals surface area contributed by atoms with Crippen LogP contribution in [0.5, 0.6) is 0 Å². The van der Waals surface area contributed by atoms with Crippen LogP contribution in [-0.2, 0) is 9.53 Å². The number of nitrogens with zero attached hydrogens (tertiary/aromatic N) is 1. The number of rotatable bonds is 7. The van der Waals surface area contributed by atoms with Gasteiger partial charge in [0, 0.05) is 22.6 Å². The molecule has 0 aliphatic carbocycles. The largest absolute Gasteiger partial charge is 0.376 e. The van der Waals surface area contributed by atoms with Gasteiger partial charge in [-0.25, -0.2) is 0 Å². The quantitative estimate of drug-likeness (QED) is 0.378. The predicted octanol–water partition coefficient (Wildman–Crippen LogP) is 7.59. The topological polar surface area (TPSA) is 29.5 Å². The van der Waals surface area contributed by atoms with Gasteiger partial charge in [0.15, 0.2) is 0 Å². The molecule has 33 heavy (non-hydrogen) atoms.